The Hall–Kier alpha value is -9.85. The molecule has 1 radical (unpaired) electrons. The van der Waals surface area contributed by atoms with Gasteiger partial charge in [-0.05, 0) is 213 Å². The third kappa shape index (κ3) is 31.7. The van der Waals surface area contributed by atoms with E-state index in [1.165, 1.54) is 12.8 Å². The van der Waals surface area contributed by atoms with Crippen LogP contribution in [0.3, 0.4) is 0 Å². The largest absolute Gasteiger partial charge is 1.00 e. The number of alkyl halides is 1. The van der Waals surface area contributed by atoms with Gasteiger partial charge in [0.2, 0.25) is 52.5 Å². The van der Waals surface area contributed by atoms with Gasteiger partial charge in [-0.2, -0.15) is 0 Å². The third-order valence-electron chi connectivity index (χ3n) is 16.5. The van der Waals surface area contributed by atoms with Crippen molar-refractivity contribution in [2.75, 3.05) is 81.8 Å². The van der Waals surface area contributed by atoms with Crippen LogP contribution in [0.2, 0.25) is 0 Å². The van der Waals surface area contributed by atoms with Crippen molar-refractivity contribution in [1.82, 2.24) is 24.9 Å². The van der Waals surface area contributed by atoms with Crippen molar-refractivity contribution in [3.05, 3.63) is 191 Å². The van der Waals surface area contributed by atoms with Gasteiger partial charge in [0.15, 0.2) is 35.7 Å². The zero-order valence-corrected chi connectivity index (χ0v) is 70.3. The van der Waals surface area contributed by atoms with Gasteiger partial charge in [-0.15, -0.1) is 0 Å². The first-order chi connectivity index (χ1) is 56.9. The molecule has 0 bridgehead atoms. The van der Waals surface area contributed by atoms with Crippen LogP contribution in [-0.2, 0) is 74.4 Å². The van der Waals surface area contributed by atoms with E-state index in [1.54, 1.807) is 137 Å². The van der Waals surface area contributed by atoms with Crippen LogP contribution in [0.15, 0.2) is 160 Å². The van der Waals surface area contributed by atoms with Gasteiger partial charge in [0.1, 0.15) is 58.1 Å². The monoisotopic (exact) mass is 1740 g/mol. The summed E-state index contributed by atoms with van der Waals surface area (Å²) < 4.78 is 103. The minimum Gasteiger partial charge on any atom is -1.00 e. The summed E-state index contributed by atoms with van der Waals surface area (Å²) in [5.74, 6) is 4.00. The van der Waals surface area contributed by atoms with Crippen molar-refractivity contribution in [1.29, 1.82) is 0 Å². The number of nitrogens with zero attached hydrogens (tertiary/aromatic N) is 6. The minimum absolute atomic E-state index is 0. The molecule has 0 saturated carbocycles. The predicted molar refractivity (Wildman–Crippen MR) is 445 cm³/mol. The van der Waals surface area contributed by atoms with E-state index in [-0.39, 0.29) is 118 Å². The summed E-state index contributed by atoms with van der Waals surface area (Å²) >= 11 is 6.48. The van der Waals surface area contributed by atoms with Crippen molar-refractivity contribution in [2.24, 2.45) is 4.30 Å². The Balaban J connectivity index is 0.000000306. The summed E-state index contributed by atoms with van der Waals surface area (Å²) in [4.78, 5) is 68.8. The topological polar surface area (TPSA) is 380 Å². The molecule has 31 nitrogen and oxygen atoms in total. The SMILES string of the molecule is C1=COCCC1.CCOC(=O)c1oc(-c2ccc(OC)cc2)nc1C.CCOC(=O)c1oc(-c2ccc(OC)cc2)nc1CBr.CCOC(=O)c1oc(-c2ccc(OC)cc2)nc1CO.CCOC(=O)c1oc(-c2ccc(OC)cc2)nc1COC1CCCCO1.COc1ccc(-c2nc(COC3CCCCO3)c(CO)o2)cc1.[AlH3].[B]=NS.[H-].[Li+]. The second kappa shape index (κ2) is 55.1. The maximum absolute atomic E-state index is 12.2. The van der Waals surface area contributed by atoms with Crippen LogP contribution in [-0.4, -0.2) is 178 Å². The fourth-order valence-electron chi connectivity index (χ4n) is 10.6. The number of ether oxygens (including phenoxy) is 14. The second-order valence-electron chi connectivity index (χ2n) is 24.4. The van der Waals surface area contributed by atoms with Crippen molar-refractivity contribution in [3.63, 3.8) is 0 Å². The molecule has 5 aromatic heterocycles. The van der Waals surface area contributed by atoms with Gasteiger partial charge >= 0.3 is 67.5 Å². The van der Waals surface area contributed by atoms with Gasteiger partial charge in [0, 0.05) is 46.4 Å². The first kappa shape index (κ1) is 99.7. The summed E-state index contributed by atoms with van der Waals surface area (Å²) in [5.41, 5.74) is 5.99. The number of oxazole rings is 5. The fraction of sp³-hybridized carbons (Fsp3) is 0.386. The van der Waals surface area contributed by atoms with E-state index < -0.39 is 30.5 Å². The number of thiol groups is 1. The van der Waals surface area contributed by atoms with Crippen LogP contribution in [0, 0.1) is 6.92 Å². The van der Waals surface area contributed by atoms with E-state index in [1.807, 2.05) is 66.7 Å². The fourth-order valence-corrected chi connectivity index (χ4v) is 11.0. The van der Waals surface area contributed by atoms with E-state index in [0.717, 1.165) is 97.0 Å². The summed E-state index contributed by atoms with van der Waals surface area (Å²) in [6, 6.07) is 36.1. The number of carbonyl (C=O) groups is 4. The molecule has 2 N–H and O–H groups in total. The molecule has 3 aliphatic rings. The van der Waals surface area contributed by atoms with Crippen LogP contribution >= 0.6 is 28.7 Å². The van der Waals surface area contributed by atoms with Crippen molar-refractivity contribution >= 4 is 77.6 Å². The third-order valence-corrected chi connectivity index (χ3v) is 17.1. The molecular weight excluding hydrogens is 1640 g/mol. The molecule has 2 unspecified atom stereocenters. The minimum atomic E-state index is -0.635. The van der Waals surface area contributed by atoms with Gasteiger partial charge in [-0.25, -0.2) is 44.1 Å². The smallest absolute Gasteiger partial charge is 1.00 e. The van der Waals surface area contributed by atoms with Crippen LogP contribution in [0.5, 0.6) is 28.7 Å². The Bertz CT molecular complexity index is 4540. The number of hydrogen-bond donors (Lipinski definition) is 3. The summed E-state index contributed by atoms with van der Waals surface area (Å²) in [6.45, 7) is 11.8. The number of methoxy groups -OCH3 is 5. The Morgan fingerprint density at radius 3 is 1.08 bits per heavy atom. The van der Waals surface area contributed by atoms with Gasteiger partial charge in [0.25, 0.3) is 0 Å². The van der Waals surface area contributed by atoms with Gasteiger partial charge in [-0.1, -0.05) is 15.9 Å². The molecule has 119 heavy (non-hydrogen) atoms. The normalized spacial score (nSPS) is 13.5. The zero-order chi connectivity index (χ0) is 84.3. The molecule has 10 aromatic rings. The maximum Gasteiger partial charge on any atom is 1.00 e. The first-order valence-corrected chi connectivity index (χ1v) is 38.9. The first-order valence-electron chi connectivity index (χ1n) is 37.4. The van der Waals surface area contributed by atoms with Crippen LogP contribution < -0.4 is 42.5 Å². The average molecular weight is 1740 g/mol. The molecule has 0 spiro atoms. The predicted octanol–water partition coefficient (Wildman–Crippen LogP) is 12.2. The number of aliphatic hydroxyl groups is 2. The quantitative estimate of drug-likeness (QED) is 0.0141. The molecule has 2 fully saturated rings. The van der Waals surface area contributed by atoms with E-state index in [9.17, 15) is 29.4 Å². The Morgan fingerprint density at radius 2 is 0.782 bits per heavy atom. The Kier molecular flexibility index (Phi) is 46.2. The van der Waals surface area contributed by atoms with Crippen molar-refractivity contribution < 1.29 is 138 Å². The molecule has 0 amide bonds. The molecule has 0 aliphatic carbocycles. The number of esters is 4. The van der Waals surface area contributed by atoms with Crippen LogP contribution in [0.4, 0.5) is 0 Å². The van der Waals surface area contributed by atoms with E-state index in [0.29, 0.717) is 88.6 Å². The number of aryl methyl sites for hydroxylation is 1. The molecule has 2 atom stereocenters. The zero-order valence-electron chi connectivity index (χ0n) is 68.9. The molecular formula is C83H101AlBBrLiN6O25S. The van der Waals surface area contributed by atoms with Crippen molar-refractivity contribution in [2.45, 2.75) is 130 Å². The van der Waals surface area contributed by atoms with E-state index in [2.05, 4.69) is 65.6 Å². The Morgan fingerprint density at radius 1 is 0.462 bits per heavy atom. The number of carbonyl (C=O) groups excluding carboxylic acids is 4. The van der Waals surface area contributed by atoms with E-state index in [4.69, 9.17) is 88.4 Å². The number of benzene rings is 5. The van der Waals surface area contributed by atoms with Crippen LogP contribution in [0.1, 0.15) is 157 Å². The molecule has 36 heteroatoms. The molecule has 5 aromatic carbocycles. The summed E-state index contributed by atoms with van der Waals surface area (Å²) in [5, 5.41) is 19.1. The van der Waals surface area contributed by atoms with Crippen molar-refractivity contribution in [3.8, 4) is 86.0 Å². The molecule has 3 aliphatic heterocycles. The number of halogens is 1. The summed E-state index contributed by atoms with van der Waals surface area (Å²) in [6.07, 6.45) is 11.7. The standard InChI is InChI=1S/C19H23NO6.C17H21NO5.C14H14BrNO4.C14H15NO5.C14H15NO4.C5H8O.Al.BHNS.Li.4H/c1-3-23-19(21)17-15(12-25-16-6-4-5-11-24-16)20-18(26-17)13-7-9-14(22-2)10-8-13;1-20-13-7-5-12(6-8-13)17-18-14(15(10-19)23-17)11-22-16-4-2-3-9-21-16;1-3-19-14(17)12-11(8-15)16-13(20-12)9-4-6-10(18-2)7-5-9;1-3-19-14(17)12-11(8-16)15-13(20-12)9-4-6-10(18-2)7-5-9;1-4-18-14(16)12-9(2)15-13(19-12)10-5-7-11(17-3)8-6-10;1-2-4-6-5-3-1;;1-2-3;;;;;/h7-10,16H,3-6,11-12H2,1-2H3;5-8,16,19H,2-4,9-11H2,1H3;4-7H,3,8H2,1-2H3;4-7,16H,3,8H2,1-2H3;5-8H,4H2,1-3H3;2,4H,1,3,5H2;;3H;;;;;/q;;;;;;;;+1;;;;-1. The maximum atomic E-state index is 12.2. The summed E-state index contributed by atoms with van der Waals surface area (Å²) in [7, 11) is 12.3. The second-order valence-corrected chi connectivity index (χ2v) is 25.2. The van der Waals surface area contributed by atoms with Gasteiger partial charge in [-0.3, -0.25) is 0 Å². The van der Waals surface area contributed by atoms with E-state index >= 15 is 0 Å². The van der Waals surface area contributed by atoms with Gasteiger partial charge < -0.3 is 100 Å². The van der Waals surface area contributed by atoms with Crippen LogP contribution in [0.25, 0.3) is 57.3 Å². The molecule has 13 rings (SSSR count). The number of aliphatic hydroxyl groups excluding tert-OH is 2. The number of hydrogen-bond acceptors (Lipinski definition) is 32. The Labute approximate surface area is 729 Å². The number of rotatable bonds is 27. The molecule has 2 saturated heterocycles. The average Bonchev–Trinajstić information content (AvgIpc) is 1.31. The molecule has 633 valence electrons. The van der Waals surface area contributed by atoms with Gasteiger partial charge in [0.05, 0.1) is 100 Å². The number of allylic oxidation sites excluding steroid dienone is 1. The number of aromatic nitrogens is 5. The molecule has 8 heterocycles.